The van der Waals surface area contributed by atoms with Gasteiger partial charge in [-0.15, -0.1) is 0 Å². The smallest absolute Gasteiger partial charge is 0.223 e. The molecule has 3 unspecified atom stereocenters. The van der Waals surface area contributed by atoms with Crippen LogP contribution in [0.1, 0.15) is 45.4 Å². The maximum Gasteiger partial charge on any atom is 0.223 e. The van der Waals surface area contributed by atoms with E-state index in [1.165, 1.54) is 0 Å². The highest BCUT2D eigenvalue weighted by Crippen LogP contribution is 2.60. The van der Waals surface area contributed by atoms with Gasteiger partial charge in [0.1, 0.15) is 17.1 Å². The second-order valence-corrected chi connectivity index (χ2v) is 9.64. The summed E-state index contributed by atoms with van der Waals surface area (Å²) in [7, 11) is 1.63. The van der Waals surface area contributed by atoms with Crippen LogP contribution in [-0.4, -0.2) is 30.4 Å². The molecule has 30 heavy (non-hydrogen) atoms. The largest absolute Gasteiger partial charge is 0.497 e. The molecule has 0 spiro atoms. The third-order valence-electron chi connectivity index (χ3n) is 7.54. The van der Waals surface area contributed by atoms with E-state index in [0.29, 0.717) is 23.6 Å². The summed E-state index contributed by atoms with van der Waals surface area (Å²) in [5, 5.41) is 12.8. The number of ether oxygens (including phenoxy) is 1. The number of benzene rings is 1. The van der Waals surface area contributed by atoms with E-state index in [1.807, 2.05) is 31.2 Å². The summed E-state index contributed by atoms with van der Waals surface area (Å²) in [5.74, 6) is 2.33. The van der Waals surface area contributed by atoms with Gasteiger partial charge in [0.2, 0.25) is 5.91 Å². The molecule has 4 saturated carbocycles. The number of carbonyl (C=O) groups is 1. The van der Waals surface area contributed by atoms with Gasteiger partial charge < -0.3 is 21.5 Å². The number of methoxy groups -OCH3 is 1. The van der Waals surface area contributed by atoms with Crippen LogP contribution >= 0.6 is 0 Å². The van der Waals surface area contributed by atoms with Crippen molar-refractivity contribution in [2.24, 2.45) is 39.6 Å². The van der Waals surface area contributed by atoms with Crippen molar-refractivity contribution in [1.82, 2.24) is 0 Å². The van der Waals surface area contributed by atoms with Gasteiger partial charge >= 0.3 is 0 Å². The van der Waals surface area contributed by atoms with Gasteiger partial charge in [-0.25, -0.2) is 0 Å². The van der Waals surface area contributed by atoms with Gasteiger partial charge in [-0.05, 0) is 81.0 Å². The lowest BCUT2D eigenvalue weighted by atomic mass is 9.48. The lowest BCUT2D eigenvalue weighted by Gasteiger charge is -2.57. The number of amides is 1. The van der Waals surface area contributed by atoms with Gasteiger partial charge in [-0.3, -0.25) is 9.79 Å². The number of hydrogen-bond donors (Lipinski definition) is 3. The van der Waals surface area contributed by atoms with Crippen LogP contribution in [0.2, 0.25) is 0 Å². The van der Waals surface area contributed by atoms with E-state index in [0.717, 1.165) is 43.5 Å². The Morgan fingerprint density at radius 2 is 1.90 bits per heavy atom. The minimum atomic E-state index is -0.778. The maximum absolute atomic E-state index is 12.2. The van der Waals surface area contributed by atoms with Crippen LogP contribution in [0.3, 0.4) is 0 Å². The molecule has 0 radical (unpaired) electrons. The molecule has 7 heteroatoms. The molecule has 1 aromatic rings. The van der Waals surface area contributed by atoms with Gasteiger partial charge in [-0.1, -0.05) is 0 Å². The summed E-state index contributed by atoms with van der Waals surface area (Å²) in [6.45, 7) is 1.92. The number of aliphatic imine (C=N–C) groups is 1. The number of primary amides is 1. The zero-order chi connectivity index (χ0) is 21.5. The molecule has 5 N–H and O–H groups in total. The zero-order valence-electron chi connectivity index (χ0n) is 17.7. The first-order chi connectivity index (χ1) is 14.3. The molecule has 5 rings (SSSR count). The highest BCUT2D eigenvalue weighted by molar-refractivity contribution is 5.93. The Hall–Kier alpha value is -2.75. The topological polar surface area (TPSA) is 127 Å². The van der Waals surface area contributed by atoms with E-state index in [2.05, 4.69) is 11.4 Å². The van der Waals surface area contributed by atoms with Crippen LogP contribution in [0.15, 0.2) is 29.3 Å². The third kappa shape index (κ3) is 3.49. The summed E-state index contributed by atoms with van der Waals surface area (Å²) in [6, 6.07) is 9.88. The molecule has 1 aromatic carbocycles. The van der Waals surface area contributed by atoms with Gasteiger partial charge in [0.05, 0.1) is 25.6 Å². The number of nitrogens with one attached hydrogen (secondary N) is 1. The Morgan fingerprint density at radius 1 is 1.27 bits per heavy atom. The summed E-state index contributed by atoms with van der Waals surface area (Å²) >= 11 is 0. The van der Waals surface area contributed by atoms with Gasteiger partial charge in [-0.2, -0.15) is 5.26 Å². The molecule has 0 heterocycles. The predicted octanol–water partition coefficient (Wildman–Crippen LogP) is 2.82. The van der Waals surface area contributed by atoms with Crippen molar-refractivity contribution in [2.45, 2.75) is 57.0 Å². The van der Waals surface area contributed by atoms with Crippen molar-refractivity contribution in [3.8, 4) is 11.8 Å². The number of nitrogens with two attached hydrogens (primary N) is 2. The quantitative estimate of drug-likeness (QED) is 0.471. The molecule has 3 atom stereocenters. The van der Waals surface area contributed by atoms with Crippen molar-refractivity contribution >= 4 is 17.4 Å². The summed E-state index contributed by atoms with van der Waals surface area (Å²) in [5.41, 5.74) is 12.1. The molecule has 0 aliphatic heterocycles. The van der Waals surface area contributed by atoms with E-state index in [9.17, 15) is 10.1 Å². The monoisotopic (exact) mass is 409 g/mol. The minimum Gasteiger partial charge on any atom is -0.497 e. The first-order valence-electron chi connectivity index (χ1n) is 10.7. The van der Waals surface area contributed by atoms with Crippen molar-refractivity contribution in [3.05, 3.63) is 24.3 Å². The molecule has 160 valence electrons. The minimum absolute atomic E-state index is 0.102. The molecule has 4 aliphatic carbocycles. The van der Waals surface area contributed by atoms with Crippen LogP contribution in [0.25, 0.3) is 0 Å². The molecular weight excluding hydrogens is 378 g/mol. The lowest BCUT2D eigenvalue weighted by Crippen LogP contribution is -2.58. The van der Waals surface area contributed by atoms with Gasteiger partial charge in [0.15, 0.2) is 0 Å². The van der Waals surface area contributed by atoms with Crippen LogP contribution < -0.4 is 21.5 Å². The second-order valence-electron chi connectivity index (χ2n) is 9.64. The third-order valence-corrected chi connectivity index (χ3v) is 7.54. The van der Waals surface area contributed by atoms with Crippen LogP contribution in [0.5, 0.6) is 5.75 Å². The fourth-order valence-electron chi connectivity index (χ4n) is 6.16. The Kier molecular flexibility index (Phi) is 5.13. The number of carbonyl (C=O) groups excluding carboxylic acids is 1. The average molecular weight is 410 g/mol. The number of hydrogen-bond acceptors (Lipinski definition) is 5. The number of anilines is 1. The number of nitriles is 1. The van der Waals surface area contributed by atoms with Gasteiger partial charge in [0, 0.05) is 11.1 Å². The molecule has 4 aliphatic rings. The molecule has 0 aromatic heterocycles. The predicted molar refractivity (Wildman–Crippen MR) is 116 cm³/mol. The van der Waals surface area contributed by atoms with Crippen molar-refractivity contribution in [2.75, 3.05) is 12.4 Å². The van der Waals surface area contributed by atoms with Gasteiger partial charge in [0.25, 0.3) is 0 Å². The van der Waals surface area contributed by atoms with E-state index in [-0.39, 0.29) is 23.8 Å². The van der Waals surface area contributed by atoms with Crippen LogP contribution in [0.4, 0.5) is 5.69 Å². The maximum atomic E-state index is 12.2. The van der Waals surface area contributed by atoms with E-state index in [1.54, 1.807) is 7.11 Å². The summed E-state index contributed by atoms with van der Waals surface area (Å²) < 4.78 is 5.21. The first kappa shape index (κ1) is 20.5. The Labute approximate surface area is 177 Å². The molecular formula is C23H31N5O2. The highest BCUT2D eigenvalue weighted by Gasteiger charge is 2.58. The summed E-state index contributed by atoms with van der Waals surface area (Å²) in [4.78, 5) is 17.2. The van der Waals surface area contributed by atoms with Crippen LogP contribution in [-0.2, 0) is 4.79 Å². The lowest BCUT2D eigenvalue weighted by molar-refractivity contribution is -0.144. The van der Waals surface area contributed by atoms with E-state index >= 15 is 0 Å². The highest BCUT2D eigenvalue weighted by atomic mass is 16.5. The number of amidine groups is 1. The fourth-order valence-corrected chi connectivity index (χ4v) is 6.16. The summed E-state index contributed by atoms with van der Waals surface area (Å²) in [6.07, 6.45) is 4.95. The normalized spacial score (nSPS) is 34.1. The second kappa shape index (κ2) is 7.50. The first-order valence-corrected chi connectivity index (χ1v) is 10.7. The zero-order valence-corrected chi connectivity index (χ0v) is 17.7. The molecule has 4 bridgehead atoms. The molecule has 4 fully saturated rings. The Balaban J connectivity index is 1.57. The molecule has 0 saturated heterocycles. The SMILES string of the molecule is COc1ccc(NC(C)(CC#N)C(N)=NC2C3CC4CC2CC(C(N)=O)(C4)C3)cc1. The van der Waals surface area contributed by atoms with Crippen LogP contribution in [0, 0.1) is 34.5 Å². The van der Waals surface area contributed by atoms with Crippen molar-refractivity contribution < 1.29 is 9.53 Å². The van der Waals surface area contributed by atoms with E-state index in [4.69, 9.17) is 21.2 Å². The van der Waals surface area contributed by atoms with Crippen molar-refractivity contribution in [3.63, 3.8) is 0 Å². The van der Waals surface area contributed by atoms with E-state index < -0.39 is 5.54 Å². The van der Waals surface area contributed by atoms with Crippen molar-refractivity contribution in [1.29, 1.82) is 5.26 Å². The Morgan fingerprint density at radius 3 is 2.43 bits per heavy atom. The average Bonchev–Trinajstić information content (AvgIpc) is 2.70. The number of rotatable bonds is 7. The Bertz CT molecular complexity index is 874. The standard InChI is InChI=1S/C23H31N5O2/c1-22(7-8-24,28-17-3-5-18(30-2)6-4-17)20(25)27-19-15-9-14-10-16(19)13-23(11-14,12-15)21(26)29/h3-6,14-16,19,28H,7,9-13H2,1-2H3,(H2,25,27)(H2,26,29). The number of nitrogens with zero attached hydrogens (tertiary/aromatic N) is 2. The molecule has 7 nitrogen and oxygen atoms in total. The molecule has 1 amide bonds. The fraction of sp³-hybridized carbons (Fsp3) is 0.609.